The Morgan fingerprint density at radius 2 is 1.37 bits per heavy atom. The molecule has 0 spiro atoms. The fraction of sp³-hybridized carbons (Fsp3) is 0.240. The molecule has 2 nitrogen and oxygen atoms in total. The molecule has 0 saturated carbocycles. The summed E-state index contributed by atoms with van der Waals surface area (Å²) in [5.41, 5.74) is 5.05. The normalized spacial score (nSPS) is 16.7. The van der Waals surface area contributed by atoms with E-state index >= 15 is 0 Å². The number of carbonyl (C=O) groups is 1. The van der Waals surface area contributed by atoms with Crippen molar-refractivity contribution in [2.45, 2.75) is 38.3 Å². The van der Waals surface area contributed by atoms with Gasteiger partial charge >= 0.3 is 0 Å². The highest BCUT2D eigenvalue weighted by Gasteiger charge is 2.30. The first-order valence-corrected chi connectivity index (χ1v) is 9.77. The Hall–Kier alpha value is -2.87. The molecule has 0 radical (unpaired) electrons. The molecule has 1 aliphatic heterocycles. The molecule has 0 aliphatic carbocycles. The van der Waals surface area contributed by atoms with E-state index in [1.807, 2.05) is 24.3 Å². The number of hydrogen-bond acceptors (Lipinski definition) is 1. The molecule has 136 valence electrons. The highest BCUT2D eigenvalue weighted by Crippen LogP contribution is 2.26. The molecule has 1 heterocycles. The molecule has 2 heteroatoms. The molecule has 4 rings (SSSR count). The lowest BCUT2D eigenvalue weighted by Crippen LogP contribution is -2.32. The second-order valence-electron chi connectivity index (χ2n) is 7.30. The van der Waals surface area contributed by atoms with Gasteiger partial charge in [0.2, 0.25) is 5.91 Å². The van der Waals surface area contributed by atoms with Crippen molar-refractivity contribution in [3.05, 3.63) is 96.1 Å². The van der Waals surface area contributed by atoms with Crippen molar-refractivity contribution >= 4 is 5.91 Å². The van der Waals surface area contributed by atoms with Crippen LogP contribution < -0.4 is 0 Å². The summed E-state index contributed by atoms with van der Waals surface area (Å²) in [5.74, 6) is 0.295. The lowest BCUT2D eigenvalue weighted by Gasteiger charge is -2.25. The molecule has 0 bridgehead atoms. The van der Waals surface area contributed by atoms with Crippen LogP contribution in [0.2, 0.25) is 0 Å². The fourth-order valence-electron chi connectivity index (χ4n) is 3.92. The summed E-state index contributed by atoms with van der Waals surface area (Å²) in [4.78, 5) is 14.4. The molecule has 1 saturated heterocycles. The van der Waals surface area contributed by atoms with Crippen LogP contribution in [0.15, 0.2) is 84.9 Å². The second-order valence-corrected chi connectivity index (χ2v) is 7.30. The number of benzene rings is 3. The van der Waals surface area contributed by atoms with Crippen molar-refractivity contribution in [2.75, 3.05) is 0 Å². The highest BCUT2D eigenvalue weighted by atomic mass is 16.2. The minimum Gasteiger partial charge on any atom is -0.335 e. The van der Waals surface area contributed by atoms with Gasteiger partial charge in [-0.3, -0.25) is 4.79 Å². The lowest BCUT2D eigenvalue weighted by molar-refractivity contribution is -0.129. The minimum absolute atomic E-state index is 0.295. The van der Waals surface area contributed by atoms with E-state index in [1.54, 1.807) is 0 Å². The summed E-state index contributed by atoms with van der Waals surface area (Å²) < 4.78 is 0. The van der Waals surface area contributed by atoms with Crippen LogP contribution in [-0.4, -0.2) is 16.8 Å². The molecule has 1 atom stereocenters. The fourth-order valence-corrected chi connectivity index (χ4v) is 3.92. The average molecular weight is 355 g/mol. The predicted octanol–water partition coefficient (Wildman–Crippen LogP) is 5.48. The Bertz CT molecular complexity index is 871. The van der Waals surface area contributed by atoms with Gasteiger partial charge in [0, 0.05) is 19.0 Å². The van der Waals surface area contributed by atoms with Gasteiger partial charge in [0.1, 0.15) is 0 Å². The van der Waals surface area contributed by atoms with Crippen molar-refractivity contribution in [3.8, 4) is 11.1 Å². The molecule has 0 aromatic heterocycles. The van der Waals surface area contributed by atoms with Gasteiger partial charge in [-0.05, 0) is 41.5 Å². The molecule has 27 heavy (non-hydrogen) atoms. The standard InChI is InChI=1S/C25H25NO/c27-25-18-17-24(26(25)19-21-7-3-1-4-8-21)16-13-20-11-14-23(15-12-20)22-9-5-2-6-10-22/h1-12,14-15,24H,13,16-19H2/t24-/m1/s1. The topological polar surface area (TPSA) is 20.3 Å². The number of hydrogen-bond donors (Lipinski definition) is 0. The maximum atomic E-state index is 12.3. The van der Waals surface area contributed by atoms with E-state index in [4.69, 9.17) is 0 Å². The summed E-state index contributed by atoms with van der Waals surface area (Å²) in [6, 6.07) is 30.0. The number of rotatable bonds is 6. The number of nitrogens with zero attached hydrogens (tertiary/aromatic N) is 1. The van der Waals surface area contributed by atoms with Crippen molar-refractivity contribution in [1.29, 1.82) is 0 Å². The first kappa shape index (κ1) is 17.5. The summed E-state index contributed by atoms with van der Waals surface area (Å²) in [7, 11) is 0. The second kappa shape index (κ2) is 8.22. The molecule has 0 unspecified atom stereocenters. The van der Waals surface area contributed by atoms with Crippen molar-refractivity contribution < 1.29 is 4.79 Å². The lowest BCUT2D eigenvalue weighted by atomic mass is 10.00. The monoisotopic (exact) mass is 355 g/mol. The molecule has 3 aromatic carbocycles. The number of amides is 1. The summed E-state index contributed by atoms with van der Waals surface area (Å²) in [6.07, 6.45) is 3.71. The van der Waals surface area contributed by atoms with Gasteiger partial charge in [-0.2, -0.15) is 0 Å². The SMILES string of the molecule is O=C1CC[C@@H](CCc2ccc(-c3ccccc3)cc2)N1Cc1ccccc1. The maximum Gasteiger partial charge on any atom is 0.223 e. The zero-order valence-corrected chi connectivity index (χ0v) is 15.6. The average Bonchev–Trinajstić information content (AvgIpc) is 3.08. The summed E-state index contributed by atoms with van der Waals surface area (Å²) in [6.45, 7) is 0.733. The molecule has 3 aromatic rings. The van der Waals surface area contributed by atoms with E-state index in [1.165, 1.54) is 22.3 Å². The van der Waals surface area contributed by atoms with Crippen LogP contribution in [0.3, 0.4) is 0 Å². The predicted molar refractivity (Wildman–Crippen MR) is 110 cm³/mol. The van der Waals surface area contributed by atoms with E-state index in [0.29, 0.717) is 18.4 Å². The molecule has 1 fully saturated rings. The quantitative estimate of drug-likeness (QED) is 0.573. The van der Waals surface area contributed by atoms with Crippen LogP contribution in [0.1, 0.15) is 30.4 Å². The van der Waals surface area contributed by atoms with Crippen LogP contribution in [0, 0.1) is 0 Å². The molecule has 1 aliphatic rings. The van der Waals surface area contributed by atoms with Crippen molar-refractivity contribution in [3.63, 3.8) is 0 Å². The third-order valence-corrected chi connectivity index (χ3v) is 5.48. The van der Waals surface area contributed by atoms with Gasteiger partial charge in [-0.1, -0.05) is 84.9 Å². The van der Waals surface area contributed by atoms with E-state index < -0.39 is 0 Å². The molecule has 1 amide bonds. The highest BCUT2D eigenvalue weighted by molar-refractivity contribution is 5.78. The Labute approximate surface area is 161 Å². The zero-order valence-electron chi connectivity index (χ0n) is 15.6. The van der Waals surface area contributed by atoms with Crippen LogP contribution in [0.5, 0.6) is 0 Å². The maximum absolute atomic E-state index is 12.3. The molecular formula is C25H25NO. The molecule has 0 N–H and O–H groups in total. The number of aryl methyl sites for hydroxylation is 1. The summed E-state index contributed by atoms with van der Waals surface area (Å²) in [5, 5.41) is 0. The Morgan fingerprint density at radius 3 is 2.07 bits per heavy atom. The van der Waals surface area contributed by atoms with Crippen LogP contribution >= 0.6 is 0 Å². The third-order valence-electron chi connectivity index (χ3n) is 5.48. The van der Waals surface area contributed by atoms with Gasteiger partial charge in [-0.15, -0.1) is 0 Å². The minimum atomic E-state index is 0.295. The van der Waals surface area contributed by atoms with Crippen LogP contribution in [0.4, 0.5) is 0 Å². The van der Waals surface area contributed by atoms with E-state index in [2.05, 4.69) is 65.6 Å². The van der Waals surface area contributed by atoms with Gasteiger partial charge in [0.15, 0.2) is 0 Å². The van der Waals surface area contributed by atoms with Crippen molar-refractivity contribution in [1.82, 2.24) is 4.90 Å². The largest absolute Gasteiger partial charge is 0.335 e. The number of carbonyl (C=O) groups excluding carboxylic acids is 1. The van der Waals surface area contributed by atoms with Gasteiger partial charge in [0.05, 0.1) is 0 Å². The first-order valence-electron chi connectivity index (χ1n) is 9.77. The van der Waals surface area contributed by atoms with Gasteiger partial charge < -0.3 is 4.90 Å². The van der Waals surface area contributed by atoms with Crippen LogP contribution in [0.25, 0.3) is 11.1 Å². The summed E-state index contributed by atoms with van der Waals surface area (Å²) >= 11 is 0. The van der Waals surface area contributed by atoms with Crippen LogP contribution in [-0.2, 0) is 17.8 Å². The first-order chi connectivity index (χ1) is 13.3. The Kier molecular flexibility index (Phi) is 5.34. The van der Waals surface area contributed by atoms with E-state index in [9.17, 15) is 4.79 Å². The zero-order chi connectivity index (χ0) is 18.5. The molecular weight excluding hydrogens is 330 g/mol. The van der Waals surface area contributed by atoms with E-state index in [0.717, 1.165) is 25.8 Å². The Balaban J connectivity index is 1.38. The van der Waals surface area contributed by atoms with E-state index in [-0.39, 0.29) is 0 Å². The van der Waals surface area contributed by atoms with Gasteiger partial charge in [0.25, 0.3) is 0 Å². The smallest absolute Gasteiger partial charge is 0.223 e. The van der Waals surface area contributed by atoms with Crippen molar-refractivity contribution in [2.24, 2.45) is 0 Å². The van der Waals surface area contributed by atoms with Gasteiger partial charge in [-0.25, -0.2) is 0 Å². The Morgan fingerprint density at radius 1 is 0.741 bits per heavy atom. The third kappa shape index (κ3) is 4.28. The number of likely N-dealkylation sites (tertiary alicyclic amines) is 1.